The SMILES string of the molecule is Nc1ccc(SCc2cc(Br)cs2)c(F)c1. The topological polar surface area (TPSA) is 26.0 Å². The van der Waals surface area contributed by atoms with Gasteiger partial charge in [-0.05, 0) is 40.2 Å². The summed E-state index contributed by atoms with van der Waals surface area (Å²) in [5, 5.41) is 2.02. The van der Waals surface area contributed by atoms with Crippen molar-refractivity contribution < 1.29 is 4.39 Å². The molecule has 0 saturated heterocycles. The zero-order chi connectivity index (χ0) is 11.5. The van der Waals surface area contributed by atoms with Crippen molar-refractivity contribution in [2.75, 3.05) is 5.73 Å². The Morgan fingerprint density at radius 2 is 2.19 bits per heavy atom. The monoisotopic (exact) mass is 317 g/mol. The molecule has 0 amide bonds. The van der Waals surface area contributed by atoms with Gasteiger partial charge in [0, 0.05) is 31.1 Å². The van der Waals surface area contributed by atoms with Gasteiger partial charge in [0.05, 0.1) is 0 Å². The zero-order valence-electron chi connectivity index (χ0n) is 8.24. The number of hydrogen-bond donors (Lipinski definition) is 1. The largest absolute Gasteiger partial charge is 0.399 e. The third kappa shape index (κ3) is 2.99. The fourth-order valence-electron chi connectivity index (χ4n) is 1.21. The Labute approximate surface area is 110 Å². The first-order chi connectivity index (χ1) is 7.65. The van der Waals surface area contributed by atoms with Crippen LogP contribution in [-0.2, 0) is 5.75 Å². The van der Waals surface area contributed by atoms with Crippen LogP contribution in [0.3, 0.4) is 0 Å². The second-order valence-corrected chi connectivity index (χ2v) is 6.14. The molecule has 1 nitrogen and oxygen atoms in total. The van der Waals surface area contributed by atoms with E-state index in [0.717, 1.165) is 10.2 Å². The number of anilines is 1. The van der Waals surface area contributed by atoms with Crippen molar-refractivity contribution in [2.24, 2.45) is 0 Å². The van der Waals surface area contributed by atoms with E-state index in [2.05, 4.69) is 15.9 Å². The molecule has 0 atom stereocenters. The maximum atomic E-state index is 13.5. The summed E-state index contributed by atoms with van der Waals surface area (Å²) in [4.78, 5) is 1.85. The average molecular weight is 318 g/mol. The van der Waals surface area contributed by atoms with E-state index in [1.165, 1.54) is 22.7 Å². The van der Waals surface area contributed by atoms with Crippen molar-refractivity contribution >= 4 is 44.7 Å². The van der Waals surface area contributed by atoms with E-state index in [0.29, 0.717) is 10.6 Å². The number of nitrogen functional groups attached to an aromatic ring is 1. The number of rotatable bonds is 3. The predicted molar refractivity (Wildman–Crippen MR) is 72.4 cm³/mol. The molecule has 5 heteroatoms. The molecule has 84 valence electrons. The maximum absolute atomic E-state index is 13.5. The van der Waals surface area contributed by atoms with Crippen molar-refractivity contribution in [3.05, 3.63) is 44.8 Å². The van der Waals surface area contributed by atoms with E-state index in [1.54, 1.807) is 23.5 Å². The van der Waals surface area contributed by atoms with Gasteiger partial charge < -0.3 is 5.73 Å². The molecule has 0 aliphatic heterocycles. The van der Waals surface area contributed by atoms with Gasteiger partial charge in [-0.1, -0.05) is 0 Å². The number of hydrogen-bond acceptors (Lipinski definition) is 3. The zero-order valence-corrected chi connectivity index (χ0v) is 11.5. The van der Waals surface area contributed by atoms with Gasteiger partial charge in [0.2, 0.25) is 0 Å². The van der Waals surface area contributed by atoms with Gasteiger partial charge in [-0.25, -0.2) is 4.39 Å². The second kappa shape index (κ2) is 5.21. The summed E-state index contributed by atoms with van der Waals surface area (Å²) in [6.07, 6.45) is 0. The lowest BCUT2D eigenvalue weighted by atomic mass is 10.3. The first-order valence-electron chi connectivity index (χ1n) is 4.56. The minimum Gasteiger partial charge on any atom is -0.399 e. The van der Waals surface area contributed by atoms with Crippen LogP contribution in [0.2, 0.25) is 0 Å². The van der Waals surface area contributed by atoms with Crippen LogP contribution in [0, 0.1) is 5.82 Å². The van der Waals surface area contributed by atoms with E-state index in [9.17, 15) is 4.39 Å². The van der Waals surface area contributed by atoms with E-state index in [4.69, 9.17) is 5.73 Å². The van der Waals surface area contributed by atoms with Crippen molar-refractivity contribution in [2.45, 2.75) is 10.6 Å². The highest BCUT2D eigenvalue weighted by Gasteiger charge is 2.04. The van der Waals surface area contributed by atoms with E-state index in [1.807, 2.05) is 11.4 Å². The molecule has 2 rings (SSSR count). The van der Waals surface area contributed by atoms with E-state index < -0.39 is 0 Å². The third-order valence-electron chi connectivity index (χ3n) is 1.95. The molecule has 0 aliphatic rings. The number of thiophene rings is 1. The van der Waals surface area contributed by atoms with Gasteiger partial charge in [-0.15, -0.1) is 23.1 Å². The fraction of sp³-hybridized carbons (Fsp3) is 0.0909. The van der Waals surface area contributed by atoms with Crippen LogP contribution in [0.1, 0.15) is 4.88 Å². The normalized spacial score (nSPS) is 10.6. The van der Waals surface area contributed by atoms with Crippen LogP contribution in [0.25, 0.3) is 0 Å². The Kier molecular flexibility index (Phi) is 3.89. The highest BCUT2D eigenvalue weighted by atomic mass is 79.9. The van der Waals surface area contributed by atoms with Gasteiger partial charge in [0.1, 0.15) is 5.82 Å². The van der Waals surface area contributed by atoms with Crippen molar-refractivity contribution in [3.63, 3.8) is 0 Å². The lowest BCUT2D eigenvalue weighted by molar-refractivity contribution is 0.603. The molecule has 0 bridgehead atoms. The molecule has 2 aromatic rings. The van der Waals surface area contributed by atoms with Crippen LogP contribution in [-0.4, -0.2) is 0 Å². The van der Waals surface area contributed by atoms with Gasteiger partial charge in [0.15, 0.2) is 0 Å². The summed E-state index contributed by atoms with van der Waals surface area (Å²) in [6, 6.07) is 6.84. The number of thioether (sulfide) groups is 1. The van der Waals surface area contributed by atoms with Crippen molar-refractivity contribution in [3.8, 4) is 0 Å². The molecule has 0 spiro atoms. The quantitative estimate of drug-likeness (QED) is 0.665. The molecular weight excluding hydrogens is 309 g/mol. The Balaban J connectivity index is 2.04. The second-order valence-electron chi connectivity index (χ2n) is 3.21. The summed E-state index contributed by atoms with van der Waals surface area (Å²) in [7, 11) is 0. The van der Waals surface area contributed by atoms with Gasteiger partial charge in [0.25, 0.3) is 0 Å². The Morgan fingerprint density at radius 3 is 2.81 bits per heavy atom. The highest BCUT2D eigenvalue weighted by molar-refractivity contribution is 9.10. The number of nitrogens with two attached hydrogens (primary N) is 1. The molecular formula is C11H9BrFNS2. The van der Waals surface area contributed by atoms with E-state index in [-0.39, 0.29) is 5.82 Å². The molecule has 1 heterocycles. The Bertz CT molecular complexity index is 498. The molecule has 1 aromatic carbocycles. The summed E-state index contributed by atoms with van der Waals surface area (Å²) >= 11 is 6.54. The minimum atomic E-state index is -0.249. The van der Waals surface area contributed by atoms with Gasteiger partial charge in [-0.3, -0.25) is 0 Å². The number of benzene rings is 1. The lowest BCUT2D eigenvalue weighted by Gasteiger charge is -2.02. The highest BCUT2D eigenvalue weighted by Crippen LogP contribution is 2.30. The summed E-state index contributed by atoms with van der Waals surface area (Å²) in [5.41, 5.74) is 5.94. The fourth-order valence-corrected chi connectivity index (χ4v) is 3.64. The van der Waals surface area contributed by atoms with Gasteiger partial charge in [-0.2, -0.15) is 0 Å². The van der Waals surface area contributed by atoms with Crippen molar-refractivity contribution in [1.29, 1.82) is 0 Å². The first kappa shape index (κ1) is 12.0. The van der Waals surface area contributed by atoms with Crippen LogP contribution >= 0.6 is 39.0 Å². The molecule has 0 unspecified atom stereocenters. The van der Waals surface area contributed by atoms with Crippen molar-refractivity contribution in [1.82, 2.24) is 0 Å². The van der Waals surface area contributed by atoms with Crippen LogP contribution in [0.15, 0.2) is 39.0 Å². The minimum absolute atomic E-state index is 0.249. The van der Waals surface area contributed by atoms with E-state index >= 15 is 0 Å². The Hall–Kier alpha value is -0.520. The Morgan fingerprint density at radius 1 is 1.38 bits per heavy atom. The summed E-state index contributed by atoms with van der Waals surface area (Å²) in [6.45, 7) is 0. The van der Waals surface area contributed by atoms with Gasteiger partial charge >= 0.3 is 0 Å². The molecule has 0 fully saturated rings. The third-order valence-corrected chi connectivity index (χ3v) is 4.93. The standard InChI is InChI=1S/C11H9BrFNS2/c12-7-3-9(15-5-7)6-16-11-2-1-8(14)4-10(11)13/h1-5H,6,14H2. The number of halogens is 2. The lowest BCUT2D eigenvalue weighted by Crippen LogP contribution is -1.88. The van der Waals surface area contributed by atoms with Crippen LogP contribution in [0.4, 0.5) is 10.1 Å². The first-order valence-corrected chi connectivity index (χ1v) is 7.22. The predicted octanol–water partition coefficient (Wildman–Crippen LogP) is 4.52. The van der Waals surface area contributed by atoms with Crippen LogP contribution < -0.4 is 5.73 Å². The average Bonchev–Trinajstić information content (AvgIpc) is 2.63. The molecule has 0 saturated carbocycles. The molecule has 0 aliphatic carbocycles. The van der Waals surface area contributed by atoms with Crippen LogP contribution in [0.5, 0.6) is 0 Å². The smallest absolute Gasteiger partial charge is 0.138 e. The summed E-state index contributed by atoms with van der Waals surface area (Å²) < 4.78 is 14.5. The molecule has 1 aromatic heterocycles. The maximum Gasteiger partial charge on any atom is 0.138 e. The molecule has 2 N–H and O–H groups in total. The molecule has 0 radical (unpaired) electrons. The summed E-state index contributed by atoms with van der Waals surface area (Å²) in [5.74, 6) is 0.525. The molecule has 16 heavy (non-hydrogen) atoms.